The number of aromatic nitrogens is 5. The van der Waals surface area contributed by atoms with Crippen LogP contribution >= 0.6 is 34.9 Å². The maximum Gasteiger partial charge on any atom is 0.352 e. The van der Waals surface area contributed by atoms with Gasteiger partial charge in [0.1, 0.15) is 22.8 Å². The number of nitrogens with two attached hydrogens (primary N) is 1. The van der Waals surface area contributed by atoms with Crippen molar-refractivity contribution in [1.82, 2.24) is 35.4 Å². The van der Waals surface area contributed by atoms with Gasteiger partial charge in [0.05, 0.1) is 6.42 Å². The molecule has 0 aromatic carbocycles. The van der Waals surface area contributed by atoms with Gasteiger partial charge >= 0.3 is 11.9 Å². The molecule has 0 saturated carbocycles. The van der Waals surface area contributed by atoms with Crippen LogP contribution in [-0.4, -0.2) is 99.3 Å². The molecule has 4 rings (SSSR count). The van der Waals surface area contributed by atoms with Crippen molar-refractivity contribution in [2.24, 2.45) is 5.16 Å². The van der Waals surface area contributed by atoms with E-state index >= 15 is 0 Å². The summed E-state index contributed by atoms with van der Waals surface area (Å²) in [7, 11) is 0. The average molecular weight is 606 g/mol. The summed E-state index contributed by atoms with van der Waals surface area (Å²) in [6, 6.07) is -1.03. The van der Waals surface area contributed by atoms with E-state index in [1.807, 2.05) is 0 Å². The number of carboxylic acid groups (broad SMARTS) is 2. The number of β-lactam (4-membered cyclic amide) rings is 1. The number of nitrogens with one attached hydrogen (secondary N) is 1. The molecule has 1 unspecified atom stereocenters. The number of tetrazole rings is 1. The number of carboxylic acids is 2. The second kappa shape index (κ2) is 12.6. The molecule has 1 saturated heterocycles. The fraction of sp³-hybridized carbons (Fsp3) is 0.286. The lowest BCUT2D eigenvalue weighted by atomic mass is 10.0. The van der Waals surface area contributed by atoms with Crippen molar-refractivity contribution < 1.29 is 34.2 Å². The highest BCUT2D eigenvalue weighted by atomic mass is 32.2. The fourth-order valence-electron chi connectivity index (χ4n) is 3.52. The number of terminal acetylenes is 1. The number of hydrogen-bond acceptors (Lipinski definition) is 14. The molecule has 2 aromatic heterocycles. The summed E-state index contributed by atoms with van der Waals surface area (Å²) in [5, 5.41) is 37.5. The molecule has 19 heteroatoms. The number of hydrogen-bond donors (Lipinski definition) is 4. The Labute approximate surface area is 237 Å². The Morgan fingerprint density at radius 3 is 2.88 bits per heavy atom. The van der Waals surface area contributed by atoms with E-state index in [0.717, 1.165) is 28.0 Å². The van der Waals surface area contributed by atoms with Crippen molar-refractivity contribution >= 4 is 75.7 Å². The Morgan fingerprint density at radius 1 is 1.40 bits per heavy atom. The largest absolute Gasteiger partial charge is 0.481 e. The maximum absolute atomic E-state index is 13.0. The first kappa shape index (κ1) is 28.6. The smallest absolute Gasteiger partial charge is 0.352 e. The number of nitrogen functional groups attached to an aromatic ring is 1. The molecule has 0 aliphatic carbocycles. The minimum Gasteiger partial charge on any atom is -0.481 e. The predicted molar refractivity (Wildman–Crippen MR) is 144 cm³/mol. The predicted octanol–water partition coefficient (Wildman–Crippen LogP) is -0.458. The van der Waals surface area contributed by atoms with Gasteiger partial charge in [-0.25, -0.2) is 9.78 Å². The molecule has 2 aromatic rings. The van der Waals surface area contributed by atoms with Crippen molar-refractivity contribution in [3.05, 3.63) is 28.4 Å². The van der Waals surface area contributed by atoms with E-state index in [1.54, 1.807) is 0 Å². The van der Waals surface area contributed by atoms with Gasteiger partial charge in [-0.15, -0.1) is 34.6 Å². The van der Waals surface area contributed by atoms with E-state index in [-0.39, 0.29) is 46.8 Å². The Balaban J connectivity index is 1.47. The number of anilines is 1. The van der Waals surface area contributed by atoms with Gasteiger partial charge in [-0.1, -0.05) is 28.9 Å². The number of carbonyl (C=O) groups is 4. The number of aliphatic carboxylic acids is 2. The highest BCUT2D eigenvalue weighted by Gasteiger charge is 2.54. The number of amides is 2. The van der Waals surface area contributed by atoms with Crippen LogP contribution in [0.5, 0.6) is 0 Å². The number of thioether (sulfide) groups is 2. The van der Waals surface area contributed by atoms with Crippen molar-refractivity contribution in [3.8, 4) is 12.3 Å². The molecule has 2 amide bonds. The molecule has 0 bridgehead atoms. The van der Waals surface area contributed by atoms with Gasteiger partial charge in [0, 0.05) is 23.1 Å². The molecule has 2 aliphatic heterocycles. The number of carbonyl (C=O) groups excluding carboxylic acids is 2. The van der Waals surface area contributed by atoms with Gasteiger partial charge in [0.25, 0.3) is 11.8 Å². The normalized spacial score (nSPS) is 18.7. The van der Waals surface area contributed by atoms with Gasteiger partial charge < -0.3 is 26.1 Å². The van der Waals surface area contributed by atoms with E-state index < -0.39 is 35.2 Å². The monoisotopic (exact) mass is 605 g/mol. The van der Waals surface area contributed by atoms with Crippen LogP contribution in [0.1, 0.15) is 12.1 Å². The minimum absolute atomic E-state index is 0.127. The summed E-state index contributed by atoms with van der Waals surface area (Å²) in [6.07, 6.45) is 7.67. The first-order chi connectivity index (χ1) is 19.2. The number of rotatable bonds is 12. The van der Waals surface area contributed by atoms with E-state index in [9.17, 15) is 24.3 Å². The third-order valence-electron chi connectivity index (χ3n) is 5.20. The van der Waals surface area contributed by atoms with Crippen LogP contribution in [0.4, 0.5) is 5.13 Å². The van der Waals surface area contributed by atoms with Crippen molar-refractivity contribution in [3.63, 3.8) is 0 Å². The lowest BCUT2D eigenvalue weighted by molar-refractivity contribution is -0.150. The van der Waals surface area contributed by atoms with Crippen LogP contribution < -0.4 is 11.1 Å². The second-order valence-corrected chi connectivity index (χ2v) is 10.7. The van der Waals surface area contributed by atoms with E-state index in [0.29, 0.717) is 10.7 Å². The van der Waals surface area contributed by atoms with Crippen molar-refractivity contribution in [2.75, 3.05) is 23.8 Å². The molecule has 1 fully saturated rings. The zero-order valence-electron chi connectivity index (χ0n) is 20.2. The number of thiazole rings is 1. The van der Waals surface area contributed by atoms with Crippen LogP contribution in [0.15, 0.2) is 33.0 Å². The molecular formula is C21H19N9O7S3. The molecule has 4 heterocycles. The first-order valence-corrected chi connectivity index (χ1v) is 14.0. The van der Waals surface area contributed by atoms with Gasteiger partial charge in [0.15, 0.2) is 17.5 Å². The van der Waals surface area contributed by atoms with Gasteiger partial charge in [0.2, 0.25) is 5.16 Å². The summed E-state index contributed by atoms with van der Waals surface area (Å²) in [5.41, 5.74) is 5.80. The minimum atomic E-state index is -1.30. The lowest BCUT2D eigenvalue weighted by Gasteiger charge is -2.49. The third kappa shape index (κ3) is 6.24. The van der Waals surface area contributed by atoms with Gasteiger partial charge in [-0.05, 0) is 16.0 Å². The van der Waals surface area contributed by atoms with E-state index in [1.165, 1.54) is 34.1 Å². The molecule has 16 nitrogen and oxygen atoms in total. The van der Waals surface area contributed by atoms with Crippen molar-refractivity contribution in [2.45, 2.75) is 23.0 Å². The molecule has 40 heavy (non-hydrogen) atoms. The van der Waals surface area contributed by atoms with Crippen LogP contribution in [-0.2, 0) is 24.0 Å². The second-order valence-electron chi connectivity index (χ2n) is 7.78. The Hall–Kier alpha value is -4.41. The van der Waals surface area contributed by atoms with Crippen molar-refractivity contribution in [1.29, 1.82) is 0 Å². The average Bonchev–Trinajstić information content (AvgIpc) is 3.55. The molecule has 2 aliphatic rings. The number of oxime groups is 1. The summed E-state index contributed by atoms with van der Waals surface area (Å²) in [6.45, 7) is -0.205. The Kier molecular flexibility index (Phi) is 9.03. The maximum atomic E-state index is 13.0. The quantitative estimate of drug-likeness (QED) is 0.0600. The van der Waals surface area contributed by atoms with Gasteiger partial charge in [-0.2, -0.15) is 4.68 Å². The first-order valence-electron chi connectivity index (χ1n) is 11.1. The van der Waals surface area contributed by atoms with E-state index in [4.69, 9.17) is 22.1 Å². The number of fused-ring (bicyclic) bond motifs is 1. The van der Waals surface area contributed by atoms with Crippen LogP contribution in [0.3, 0.4) is 0 Å². The Bertz CT molecular complexity index is 1480. The topological polar surface area (TPSA) is 228 Å². The summed E-state index contributed by atoms with van der Waals surface area (Å²) in [5.74, 6) is -1.11. The highest BCUT2D eigenvalue weighted by molar-refractivity contribution is 8.01. The van der Waals surface area contributed by atoms with E-state index in [2.05, 4.69) is 36.9 Å². The number of nitrogens with zero attached hydrogens (tertiary/aromatic N) is 7. The third-order valence-corrected chi connectivity index (χ3v) is 8.23. The van der Waals surface area contributed by atoms with Crippen LogP contribution in [0.2, 0.25) is 0 Å². The SMILES string of the molecule is C#CCON=C(C(=O)NC1C(=O)N2C(C(=O)O)=C(CSc3nnnn3C=CCC(=O)O)CS[C@H]12)c1csc(N)n1. The summed E-state index contributed by atoms with van der Waals surface area (Å²) in [4.78, 5) is 59.0. The van der Waals surface area contributed by atoms with Gasteiger partial charge in [-0.3, -0.25) is 19.3 Å². The summed E-state index contributed by atoms with van der Waals surface area (Å²) >= 11 is 3.47. The Morgan fingerprint density at radius 2 is 2.20 bits per heavy atom. The van der Waals surface area contributed by atoms with Crippen LogP contribution in [0, 0.1) is 12.3 Å². The molecular weight excluding hydrogens is 586 g/mol. The summed E-state index contributed by atoms with van der Waals surface area (Å²) < 4.78 is 1.26. The molecule has 5 N–H and O–H groups in total. The fourth-order valence-corrected chi connectivity index (χ4v) is 6.41. The molecule has 0 spiro atoms. The molecule has 2 atom stereocenters. The van der Waals surface area contributed by atoms with Crippen LogP contribution in [0.25, 0.3) is 6.20 Å². The molecule has 208 valence electrons. The lowest BCUT2D eigenvalue weighted by Crippen LogP contribution is -2.71. The standard InChI is InChI=1S/C21H19N9O7S3/c1-2-6-37-26-13(11-9-39-20(22)23-11)16(33)24-14-17(34)30-15(19(35)36)10(7-38-18(14)30)8-40-21-25-27-28-29(21)5-3-4-12(31)32/h1,3,5,9,14,18H,4,6-8H2,(H2,22,23)(H,24,33)(H,31,32)(H,35,36)/t14?,18-/m1/s1. The molecule has 0 radical (unpaired) electrons. The zero-order valence-corrected chi connectivity index (χ0v) is 22.6. The zero-order chi connectivity index (χ0) is 28.8. The highest BCUT2D eigenvalue weighted by Crippen LogP contribution is 2.41.